The highest BCUT2D eigenvalue weighted by atomic mass is 14.2. The average molecular weight is 335 g/mol. The molecule has 0 unspecified atom stereocenters. The number of benzene rings is 2. The van der Waals surface area contributed by atoms with E-state index in [0.29, 0.717) is 0 Å². The van der Waals surface area contributed by atoms with Crippen LogP contribution in [-0.2, 0) is 6.42 Å². The van der Waals surface area contributed by atoms with Crippen LogP contribution in [0.5, 0.6) is 0 Å². The second-order valence-corrected chi connectivity index (χ2v) is 8.09. The Bertz CT molecular complexity index is 612. The third-order valence-electron chi connectivity index (χ3n) is 6.00. The van der Waals surface area contributed by atoms with Gasteiger partial charge in [-0.1, -0.05) is 94.5 Å². The first-order chi connectivity index (χ1) is 12.3. The lowest BCUT2D eigenvalue weighted by Gasteiger charge is -2.26. The standard InChI is InChI=1S/C25H34/c1-3-4-5-6-7-21-10-14-23(15-11-21)25-18-16-24(17-19-25)22-12-8-20(2)9-13-22/h10-11,14-20,22H,3-9,12-13H2,1-2H3. The van der Waals surface area contributed by atoms with Crippen LogP contribution in [0.1, 0.15) is 82.3 Å². The minimum atomic E-state index is 0.788. The highest BCUT2D eigenvalue weighted by Gasteiger charge is 2.19. The number of hydrogen-bond donors (Lipinski definition) is 0. The van der Waals surface area contributed by atoms with Gasteiger partial charge in [0.15, 0.2) is 0 Å². The molecule has 0 atom stereocenters. The Hall–Kier alpha value is -1.56. The molecular weight excluding hydrogens is 300 g/mol. The van der Waals surface area contributed by atoms with Gasteiger partial charge in [-0.3, -0.25) is 0 Å². The molecule has 0 spiro atoms. The molecule has 0 amide bonds. The zero-order chi connectivity index (χ0) is 17.5. The van der Waals surface area contributed by atoms with Gasteiger partial charge in [-0.15, -0.1) is 0 Å². The van der Waals surface area contributed by atoms with Crippen LogP contribution in [0.15, 0.2) is 48.5 Å². The summed E-state index contributed by atoms with van der Waals surface area (Å²) < 4.78 is 0. The van der Waals surface area contributed by atoms with Crippen molar-refractivity contribution >= 4 is 0 Å². The van der Waals surface area contributed by atoms with Crippen molar-refractivity contribution in [1.82, 2.24) is 0 Å². The molecule has 1 saturated carbocycles. The lowest BCUT2D eigenvalue weighted by Crippen LogP contribution is -2.10. The molecular formula is C25H34. The van der Waals surface area contributed by atoms with Crippen molar-refractivity contribution in [2.24, 2.45) is 5.92 Å². The van der Waals surface area contributed by atoms with Crippen molar-refractivity contribution in [1.29, 1.82) is 0 Å². The molecule has 0 N–H and O–H groups in total. The maximum absolute atomic E-state index is 2.40. The predicted octanol–water partition coefficient (Wildman–Crippen LogP) is 7.77. The summed E-state index contributed by atoms with van der Waals surface area (Å²) in [5, 5.41) is 0. The second kappa shape index (κ2) is 9.22. The normalized spacial score (nSPS) is 20.6. The number of hydrogen-bond acceptors (Lipinski definition) is 0. The Morgan fingerprint density at radius 3 is 1.92 bits per heavy atom. The highest BCUT2D eigenvalue weighted by molar-refractivity contribution is 5.64. The summed E-state index contributed by atoms with van der Waals surface area (Å²) in [6.45, 7) is 4.67. The maximum Gasteiger partial charge on any atom is -0.0162 e. The highest BCUT2D eigenvalue weighted by Crippen LogP contribution is 2.36. The van der Waals surface area contributed by atoms with Crippen molar-refractivity contribution in [2.45, 2.75) is 77.6 Å². The van der Waals surface area contributed by atoms with E-state index in [2.05, 4.69) is 62.4 Å². The lowest BCUT2D eigenvalue weighted by atomic mass is 9.79. The lowest BCUT2D eigenvalue weighted by molar-refractivity contribution is 0.348. The van der Waals surface area contributed by atoms with Gasteiger partial charge in [0.25, 0.3) is 0 Å². The Labute approximate surface area is 154 Å². The molecule has 25 heavy (non-hydrogen) atoms. The fourth-order valence-electron chi connectivity index (χ4n) is 4.16. The summed E-state index contributed by atoms with van der Waals surface area (Å²) >= 11 is 0. The molecule has 1 fully saturated rings. The van der Waals surface area contributed by atoms with Gasteiger partial charge >= 0.3 is 0 Å². The predicted molar refractivity (Wildman–Crippen MR) is 110 cm³/mol. The van der Waals surface area contributed by atoms with Gasteiger partial charge in [0.2, 0.25) is 0 Å². The van der Waals surface area contributed by atoms with Crippen LogP contribution < -0.4 is 0 Å². The molecule has 1 aliphatic carbocycles. The van der Waals surface area contributed by atoms with E-state index >= 15 is 0 Å². The summed E-state index contributed by atoms with van der Waals surface area (Å²) in [6.07, 6.45) is 12.1. The first-order valence-corrected chi connectivity index (χ1v) is 10.5. The zero-order valence-corrected chi connectivity index (χ0v) is 16.1. The Morgan fingerprint density at radius 1 is 0.720 bits per heavy atom. The fourth-order valence-corrected chi connectivity index (χ4v) is 4.16. The van der Waals surface area contributed by atoms with Crippen LogP contribution in [0.3, 0.4) is 0 Å². The van der Waals surface area contributed by atoms with Crippen LogP contribution in [-0.4, -0.2) is 0 Å². The van der Waals surface area contributed by atoms with Gasteiger partial charge in [-0.05, 0) is 59.8 Å². The van der Waals surface area contributed by atoms with Crippen molar-refractivity contribution in [3.05, 3.63) is 59.7 Å². The minimum Gasteiger partial charge on any atom is -0.0654 e. The smallest absolute Gasteiger partial charge is 0.0162 e. The average Bonchev–Trinajstić information content (AvgIpc) is 2.67. The van der Waals surface area contributed by atoms with Gasteiger partial charge < -0.3 is 0 Å². The molecule has 0 saturated heterocycles. The van der Waals surface area contributed by atoms with Crippen molar-refractivity contribution in [2.75, 3.05) is 0 Å². The molecule has 0 aliphatic heterocycles. The van der Waals surface area contributed by atoms with Gasteiger partial charge in [-0.25, -0.2) is 0 Å². The molecule has 3 rings (SSSR count). The molecule has 0 nitrogen and oxygen atoms in total. The molecule has 0 heterocycles. The Balaban J connectivity index is 1.58. The van der Waals surface area contributed by atoms with Crippen molar-refractivity contribution < 1.29 is 0 Å². The minimum absolute atomic E-state index is 0.788. The SMILES string of the molecule is CCCCCCc1ccc(-c2ccc(C3CCC(C)CC3)cc2)cc1. The van der Waals surface area contributed by atoms with Crippen molar-refractivity contribution in [3.63, 3.8) is 0 Å². The Kier molecular flexibility index (Phi) is 6.73. The second-order valence-electron chi connectivity index (χ2n) is 8.09. The third kappa shape index (κ3) is 5.21. The summed E-state index contributed by atoms with van der Waals surface area (Å²) in [5.41, 5.74) is 5.72. The monoisotopic (exact) mass is 334 g/mol. The van der Waals surface area contributed by atoms with E-state index in [4.69, 9.17) is 0 Å². The van der Waals surface area contributed by atoms with Gasteiger partial charge in [0, 0.05) is 0 Å². The van der Waals surface area contributed by atoms with E-state index in [9.17, 15) is 0 Å². The first kappa shape index (κ1) is 18.2. The van der Waals surface area contributed by atoms with E-state index in [1.54, 1.807) is 5.56 Å². The van der Waals surface area contributed by atoms with Gasteiger partial charge in [-0.2, -0.15) is 0 Å². The van der Waals surface area contributed by atoms with E-state index in [1.165, 1.54) is 74.5 Å². The van der Waals surface area contributed by atoms with E-state index < -0.39 is 0 Å². The van der Waals surface area contributed by atoms with E-state index in [0.717, 1.165) is 11.8 Å². The quantitative estimate of drug-likeness (QED) is 0.454. The van der Waals surface area contributed by atoms with Crippen LogP contribution in [0.2, 0.25) is 0 Å². The summed E-state index contributed by atoms with van der Waals surface area (Å²) in [7, 11) is 0. The molecule has 0 aromatic heterocycles. The molecule has 0 heteroatoms. The fraction of sp³-hybridized carbons (Fsp3) is 0.520. The molecule has 0 bridgehead atoms. The molecule has 2 aromatic carbocycles. The molecule has 1 aliphatic rings. The maximum atomic E-state index is 2.40. The molecule has 134 valence electrons. The van der Waals surface area contributed by atoms with Gasteiger partial charge in [0.1, 0.15) is 0 Å². The zero-order valence-electron chi connectivity index (χ0n) is 16.1. The first-order valence-electron chi connectivity index (χ1n) is 10.5. The van der Waals surface area contributed by atoms with Crippen LogP contribution in [0.4, 0.5) is 0 Å². The molecule has 0 radical (unpaired) electrons. The summed E-state index contributed by atoms with van der Waals surface area (Å²) in [4.78, 5) is 0. The number of unbranched alkanes of at least 4 members (excludes halogenated alkanes) is 3. The topological polar surface area (TPSA) is 0 Å². The number of rotatable bonds is 7. The van der Waals surface area contributed by atoms with Crippen LogP contribution in [0, 0.1) is 5.92 Å². The van der Waals surface area contributed by atoms with Crippen LogP contribution in [0.25, 0.3) is 11.1 Å². The molecule has 2 aromatic rings. The summed E-state index contributed by atoms with van der Waals surface area (Å²) in [6, 6.07) is 18.6. The van der Waals surface area contributed by atoms with Crippen molar-refractivity contribution in [3.8, 4) is 11.1 Å². The van der Waals surface area contributed by atoms with E-state index in [1.807, 2.05) is 0 Å². The number of aryl methyl sites for hydroxylation is 1. The Morgan fingerprint density at radius 2 is 1.32 bits per heavy atom. The van der Waals surface area contributed by atoms with Gasteiger partial charge in [0.05, 0.1) is 0 Å². The largest absolute Gasteiger partial charge is 0.0654 e. The summed E-state index contributed by atoms with van der Waals surface area (Å²) in [5.74, 6) is 1.71. The van der Waals surface area contributed by atoms with E-state index in [-0.39, 0.29) is 0 Å². The van der Waals surface area contributed by atoms with Crippen LogP contribution >= 0.6 is 0 Å². The third-order valence-corrected chi connectivity index (χ3v) is 6.00.